The minimum Gasteiger partial charge on any atom is -0.373 e. The van der Waals surface area contributed by atoms with Gasteiger partial charge in [0, 0.05) is 36.3 Å². The van der Waals surface area contributed by atoms with E-state index in [0.29, 0.717) is 18.7 Å². The van der Waals surface area contributed by atoms with Gasteiger partial charge >= 0.3 is 0 Å². The summed E-state index contributed by atoms with van der Waals surface area (Å²) in [6, 6.07) is 11.8. The molecule has 2 aromatic rings. The lowest BCUT2D eigenvalue weighted by molar-refractivity contribution is -0.126. The Bertz CT molecular complexity index is 1470. The molecule has 2 aliphatic carbocycles. The number of allylic oxidation sites excluding steroid dienone is 4. The molecule has 0 radical (unpaired) electrons. The molecule has 2 aromatic carbocycles. The van der Waals surface area contributed by atoms with Gasteiger partial charge in [0.1, 0.15) is 6.04 Å². The molecular formula is C38H50N4O2. The summed E-state index contributed by atoms with van der Waals surface area (Å²) >= 11 is 0. The number of carbonyl (C=O) groups is 2. The number of aryl methyl sites for hydroxylation is 2. The summed E-state index contributed by atoms with van der Waals surface area (Å²) < 4.78 is 0. The fourth-order valence-corrected chi connectivity index (χ4v) is 6.92. The fraction of sp³-hybridized carbons (Fsp3) is 0.421. The van der Waals surface area contributed by atoms with Gasteiger partial charge in [-0.3, -0.25) is 9.59 Å². The van der Waals surface area contributed by atoms with Crippen LogP contribution < -0.4 is 21.3 Å². The van der Waals surface area contributed by atoms with Crippen molar-refractivity contribution in [3.8, 4) is 0 Å². The first-order valence-electron chi connectivity index (χ1n) is 16.0. The zero-order valence-electron chi connectivity index (χ0n) is 27.4. The monoisotopic (exact) mass is 594 g/mol. The second-order valence-electron chi connectivity index (χ2n) is 12.5. The van der Waals surface area contributed by atoms with E-state index in [2.05, 4.69) is 55.3 Å². The van der Waals surface area contributed by atoms with E-state index in [1.165, 1.54) is 16.7 Å². The second-order valence-corrected chi connectivity index (χ2v) is 12.5. The maximum Gasteiger partial charge on any atom is 0.246 e. The Morgan fingerprint density at radius 3 is 2.50 bits per heavy atom. The van der Waals surface area contributed by atoms with Gasteiger partial charge in [0.2, 0.25) is 11.8 Å². The quantitative estimate of drug-likeness (QED) is 0.193. The van der Waals surface area contributed by atoms with Crippen molar-refractivity contribution in [2.24, 2.45) is 11.1 Å². The van der Waals surface area contributed by atoms with Crippen molar-refractivity contribution in [3.63, 3.8) is 0 Å². The third-order valence-corrected chi connectivity index (χ3v) is 9.29. The lowest BCUT2D eigenvalue weighted by atomic mass is 9.70. The van der Waals surface area contributed by atoms with E-state index in [1.807, 2.05) is 75.1 Å². The molecule has 0 aromatic heterocycles. The average Bonchev–Trinajstić information content (AvgIpc) is 3.31. The highest BCUT2D eigenvalue weighted by Gasteiger charge is 2.46. The molecule has 0 heterocycles. The Balaban J connectivity index is 1.55. The molecule has 4 N–H and O–H groups in total. The molecule has 4 atom stereocenters. The zero-order valence-corrected chi connectivity index (χ0v) is 27.4. The van der Waals surface area contributed by atoms with Crippen molar-refractivity contribution >= 4 is 23.2 Å². The SMILES string of the molecule is C=C(NC(CC(/C=C\C)=C/C)C(=O)NCC(=O)N(CC)c1ccc(CC)c2c1C1C=CC(N)C[C@]1(C)C2)c1ccc(C)cc1. The van der Waals surface area contributed by atoms with Crippen LogP contribution in [0.1, 0.15) is 81.2 Å². The highest BCUT2D eigenvalue weighted by Crippen LogP contribution is 2.56. The lowest BCUT2D eigenvalue weighted by Crippen LogP contribution is -2.47. The minimum atomic E-state index is -0.598. The van der Waals surface area contributed by atoms with Crippen molar-refractivity contribution in [1.29, 1.82) is 0 Å². The number of hydrogen-bond acceptors (Lipinski definition) is 4. The van der Waals surface area contributed by atoms with Crippen molar-refractivity contribution in [2.45, 2.75) is 85.2 Å². The summed E-state index contributed by atoms with van der Waals surface area (Å²) in [4.78, 5) is 29.3. The molecule has 4 rings (SSSR count). The van der Waals surface area contributed by atoms with Crippen LogP contribution in [-0.2, 0) is 22.4 Å². The first-order chi connectivity index (χ1) is 21.0. The highest BCUT2D eigenvalue weighted by atomic mass is 16.2. The van der Waals surface area contributed by atoms with Crippen LogP contribution in [0.2, 0.25) is 0 Å². The van der Waals surface area contributed by atoms with Crippen LogP contribution in [0.3, 0.4) is 0 Å². The molecule has 6 nitrogen and oxygen atoms in total. The summed E-state index contributed by atoms with van der Waals surface area (Å²) in [7, 11) is 0. The van der Waals surface area contributed by atoms with E-state index in [0.717, 1.165) is 41.6 Å². The van der Waals surface area contributed by atoms with Crippen molar-refractivity contribution in [3.05, 3.63) is 107 Å². The molecule has 0 fully saturated rings. The van der Waals surface area contributed by atoms with Gasteiger partial charge in [-0.05, 0) is 80.7 Å². The maximum atomic E-state index is 13.8. The molecule has 3 unspecified atom stereocenters. The average molecular weight is 595 g/mol. The molecule has 0 saturated heterocycles. The molecule has 44 heavy (non-hydrogen) atoms. The fourth-order valence-electron chi connectivity index (χ4n) is 6.92. The molecule has 2 amide bonds. The van der Waals surface area contributed by atoms with Crippen LogP contribution in [0.4, 0.5) is 5.69 Å². The van der Waals surface area contributed by atoms with Crippen LogP contribution in [0.5, 0.6) is 0 Å². The Kier molecular flexibility index (Phi) is 10.7. The van der Waals surface area contributed by atoms with Crippen molar-refractivity contribution in [1.82, 2.24) is 10.6 Å². The van der Waals surface area contributed by atoms with Gasteiger partial charge in [0.25, 0.3) is 0 Å². The standard InChI is InChI=1S/C38H50N4O2/c1-8-12-27(9-2)21-33(41-26(6)29-15-13-25(5)14-16-29)37(44)40-24-35(43)42(11-4)34-20-17-28(10-3)31-23-38(7)22-30(39)18-19-32(38)36(31)34/h8-9,12-20,30,32-33,41H,6,10-11,21-24,39H2,1-5,7H3,(H,40,44)/b12-8-,27-9+/t30?,32?,33?,38-/m1/s1. The molecule has 0 bridgehead atoms. The third-order valence-electron chi connectivity index (χ3n) is 9.29. The van der Waals surface area contributed by atoms with E-state index < -0.39 is 6.04 Å². The van der Waals surface area contributed by atoms with Crippen LogP contribution >= 0.6 is 0 Å². The normalized spacial score (nSPS) is 21.5. The smallest absolute Gasteiger partial charge is 0.246 e. The molecule has 0 aliphatic heterocycles. The van der Waals surface area contributed by atoms with E-state index >= 15 is 0 Å². The van der Waals surface area contributed by atoms with Gasteiger partial charge in [-0.25, -0.2) is 0 Å². The van der Waals surface area contributed by atoms with E-state index in [-0.39, 0.29) is 35.7 Å². The van der Waals surface area contributed by atoms with Gasteiger partial charge in [-0.15, -0.1) is 0 Å². The van der Waals surface area contributed by atoms with Crippen LogP contribution in [0.15, 0.2) is 78.9 Å². The summed E-state index contributed by atoms with van der Waals surface area (Å²) in [6.45, 7) is 17.1. The largest absolute Gasteiger partial charge is 0.373 e. The van der Waals surface area contributed by atoms with Gasteiger partial charge < -0.3 is 21.3 Å². The number of benzene rings is 2. The molecule has 0 saturated carbocycles. The second kappa shape index (κ2) is 14.3. The number of amides is 2. The Morgan fingerprint density at radius 2 is 1.86 bits per heavy atom. The molecule has 2 aliphatic rings. The maximum absolute atomic E-state index is 13.8. The van der Waals surface area contributed by atoms with Crippen molar-refractivity contribution in [2.75, 3.05) is 18.0 Å². The van der Waals surface area contributed by atoms with E-state index in [4.69, 9.17) is 5.73 Å². The number of rotatable bonds is 12. The minimum absolute atomic E-state index is 0.0311. The van der Waals surface area contributed by atoms with Gasteiger partial charge in [-0.1, -0.05) is 92.3 Å². The zero-order chi connectivity index (χ0) is 32.0. The number of anilines is 1. The van der Waals surface area contributed by atoms with Gasteiger partial charge in [-0.2, -0.15) is 0 Å². The molecule has 6 heteroatoms. The summed E-state index contributed by atoms with van der Waals surface area (Å²) in [6.07, 6.45) is 13.6. The van der Waals surface area contributed by atoms with Gasteiger partial charge in [0.05, 0.1) is 6.54 Å². The van der Waals surface area contributed by atoms with Gasteiger partial charge in [0.15, 0.2) is 0 Å². The lowest BCUT2D eigenvalue weighted by Gasteiger charge is -2.36. The number of carbonyl (C=O) groups excluding carboxylic acids is 2. The van der Waals surface area contributed by atoms with E-state index in [9.17, 15) is 9.59 Å². The summed E-state index contributed by atoms with van der Waals surface area (Å²) in [5.74, 6) is -0.162. The number of nitrogens with one attached hydrogen (secondary N) is 2. The molecular weight excluding hydrogens is 544 g/mol. The summed E-state index contributed by atoms with van der Waals surface area (Å²) in [5, 5.41) is 6.28. The first kappa shape index (κ1) is 33.0. The van der Waals surface area contributed by atoms with Crippen LogP contribution in [0.25, 0.3) is 5.70 Å². The van der Waals surface area contributed by atoms with E-state index in [1.54, 1.807) is 0 Å². The molecule has 0 spiro atoms. The predicted molar refractivity (Wildman–Crippen MR) is 183 cm³/mol. The number of nitrogens with two attached hydrogens (primary N) is 1. The number of nitrogens with zero attached hydrogens (tertiary/aromatic N) is 1. The summed E-state index contributed by atoms with van der Waals surface area (Å²) in [5.41, 5.74) is 15.0. The highest BCUT2D eigenvalue weighted by molar-refractivity contribution is 5.98. The van der Waals surface area contributed by atoms with Crippen molar-refractivity contribution < 1.29 is 9.59 Å². The first-order valence-corrected chi connectivity index (χ1v) is 16.0. The van der Waals surface area contributed by atoms with Crippen LogP contribution in [-0.4, -0.2) is 37.0 Å². The predicted octanol–water partition coefficient (Wildman–Crippen LogP) is 6.50. The number of hydrogen-bond donors (Lipinski definition) is 3. The van der Waals surface area contributed by atoms with Crippen LogP contribution in [0, 0.1) is 12.3 Å². The number of likely N-dealkylation sites (N-methyl/N-ethyl adjacent to an activating group) is 1. The molecule has 234 valence electrons. The Labute approximate surface area is 264 Å². The number of fused-ring (bicyclic) bond motifs is 3. The topological polar surface area (TPSA) is 87.5 Å². The Hall–Kier alpha value is -3.90. The third kappa shape index (κ3) is 7.07. The Morgan fingerprint density at radius 1 is 1.14 bits per heavy atom.